The second-order valence-electron chi connectivity index (χ2n) is 6.65. The van der Waals surface area contributed by atoms with Crippen LogP contribution in [0, 0.1) is 19.3 Å². The Hall–Kier alpha value is -1.93. The molecule has 2 amide bonds. The zero-order valence-corrected chi connectivity index (χ0v) is 14.9. The van der Waals surface area contributed by atoms with Crippen LogP contribution in [0.5, 0.6) is 0 Å². The fourth-order valence-electron chi connectivity index (χ4n) is 3.45. The molecule has 0 unspecified atom stereocenters. The molecule has 1 aromatic rings. The number of carbonyl (C=O) groups excluding carboxylic acids is 2. The summed E-state index contributed by atoms with van der Waals surface area (Å²) in [6, 6.07) is 7.69. The summed E-state index contributed by atoms with van der Waals surface area (Å²) in [5.74, 6) is 3.27. The number of hydrogen-bond acceptors (Lipinski definition) is 3. The van der Waals surface area contributed by atoms with Gasteiger partial charge in [0.25, 0.3) is 0 Å². The molecule has 2 aliphatic rings. The molecule has 1 aromatic carbocycles. The van der Waals surface area contributed by atoms with Gasteiger partial charge in [-0.3, -0.25) is 9.59 Å². The van der Waals surface area contributed by atoms with Crippen molar-refractivity contribution in [3.63, 3.8) is 0 Å². The van der Waals surface area contributed by atoms with Gasteiger partial charge in [-0.25, -0.2) is 0 Å². The van der Waals surface area contributed by atoms with Gasteiger partial charge < -0.3 is 9.80 Å². The summed E-state index contributed by atoms with van der Waals surface area (Å²) in [5.41, 5.74) is 2.23. The van der Waals surface area contributed by atoms with Crippen LogP contribution in [0.4, 0.5) is 0 Å². The molecule has 3 rings (SSSR count). The van der Waals surface area contributed by atoms with Crippen molar-refractivity contribution < 1.29 is 9.59 Å². The Morgan fingerprint density at radius 2 is 2.17 bits per heavy atom. The molecular formula is C19H22N2O2S. The lowest BCUT2D eigenvalue weighted by Crippen LogP contribution is -2.51. The molecular weight excluding hydrogens is 320 g/mol. The van der Waals surface area contributed by atoms with E-state index in [1.807, 2.05) is 31.2 Å². The Morgan fingerprint density at radius 1 is 1.46 bits per heavy atom. The minimum atomic E-state index is -0.395. The van der Waals surface area contributed by atoms with Gasteiger partial charge in [-0.15, -0.1) is 18.2 Å². The third kappa shape index (κ3) is 3.03. The van der Waals surface area contributed by atoms with Gasteiger partial charge in [0.15, 0.2) is 0 Å². The number of hydrogen-bond donors (Lipinski definition) is 0. The highest BCUT2D eigenvalue weighted by atomic mass is 32.2. The Labute approximate surface area is 147 Å². The minimum absolute atomic E-state index is 0.0417. The molecule has 0 saturated carbocycles. The van der Waals surface area contributed by atoms with Gasteiger partial charge in [-0.1, -0.05) is 35.7 Å². The van der Waals surface area contributed by atoms with Crippen molar-refractivity contribution in [2.75, 3.05) is 12.3 Å². The van der Waals surface area contributed by atoms with E-state index in [9.17, 15) is 9.59 Å². The minimum Gasteiger partial charge on any atom is -0.325 e. The predicted molar refractivity (Wildman–Crippen MR) is 96.2 cm³/mol. The molecule has 0 aliphatic carbocycles. The molecule has 0 bridgehead atoms. The maximum Gasteiger partial charge on any atom is 0.247 e. The molecule has 2 heterocycles. The van der Waals surface area contributed by atoms with Crippen molar-refractivity contribution in [2.24, 2.45) is 0 Å². The van der Waals surface area contributed by atoms with Gasteiger partial charge in [0.1, 0.15) is 6.04 Å². The Balaban J connectivity index is 1.78. The number of thioether (sulfide) groups is 1. The molecule has 2 atom stereocenters. The van der Waals surface area contributed by atoms with Crippen LogP contribution in [0.3, 0.4) is 0 Å². The summed E-state index contributed by atoms with van der Waals surface area (Å²) in [6.45, 7) is 4.82. The van der Waals surface area contributed by atoms with E-state index in [1.54, 1.807) is 21.6 Å². The number of fused-ring (bicyclic) bond motifs is 1. The summed E-state index contributed by atoms with van der Waals surface area (Å²) in [6.07, 6.45) is 6.82. The Kier molecular flexibility index (Phi) is 4.60. The van der Waals surface area contributed by atoms with Crippen molar-refractivity contribution >= 4 is 23.6 Å². The van der Waals surface area contributed by atoms with Crippen LogP contribution in [-0.2, 0) is 16.1 Å². The van der Waals surface area contributed by atoms with Crippen LogP contribution in [0.25, 0.3) is 0 Å². The molecule has 126 valence electrons. The summed E-state index contributed by atoms with van der Waals surface area (Å²) < 4.78 is 0. The smallest absolute Gasteiger partial charge is 0.247 e. The second-order valence-corrected chi connectivity index (χ2v) is 8.15. The monoisotopic (exact) mass is 342 g/mol. The molecule has 2 saturated heterocycles. The molecule has 4 nitrogen and oxygen atoms in total. The molecule has 2 fully saturated rings. The fraction of sp³-hybridized carbons (Fsp3) is 0.474. The third-order valence-electron chi connectivity index (χ3n) is 4.82. The van der Waals surface area contributed by atoms with E-state index >= 15 is 0 Å². The van der Waals surface area contributed by atoms with Crippen LogP contribution in [0.2, 0.25) is 0 Å². The van der Waals surface area contributed by atoms with Gasteiger partial charge in [-0.2, -0.15) is 0 Å². The summed E-state index contributed by atoms with van der Waals surface area (Å²) in [5, 5.41) is 0. The fourth-order valence-corrected chi connectivity index (χ4v) is 4.87. The van der Waals surface area contributed by atoms with E-state index < -0.39 is 6.04 Å². The van der Waals surface area contributed by atoms with Crippen molar-refractivity contribution in [1.82, 2.24) is 9.80 Å². The molecule has 0 radical (unpaired) electrons. The normalized spacial score (nSPS) is 25.5. The predicted octanol–water partition coefficient (Wildman–Crippen LogP) is 2.41. The highest BCUT2D eigenvalue weighted by molar-refractivity contribution is 8.01. The quantitative estimate of drug-likeness (QED) is 0.789. The van der Waals surface area contributed by atoms with Gasteiger partial charge in [0.05, 0.1) is 11.4 Å². The van der Waals surface area contributed by atoms with Gasteiger partial charge >= 0.3 is 0 Å². The summed E-state index contributed by atoms with van der Waals surface area (Å²) in [4.78, 5) is 28.6. The highest BCUT2D eigenvalue weighted by Crippen LogP contribution is 2.47. The van der Waals surface area contributed by atoms with Crippen LogP contribution in [0.1, 0.15) is 30.9 Å². The number of nitrogens with zero attached hydrogens (tertiary/aromatic N) is 2. The number of benzene rings is 1. The van der Waals surface area contributed by atoms with Crippen LogP contribution in [-0.4, -0.2) is 44.8 Å². The maximum absolute atomic E-state index is 13.1. The second kappa shape index (κ2) is 6.52. The standard InChI is InChI=1S/C19H22N2O2S/c1-4-11-20(12-15-7-5-14(2)6-8-15)18(23)16-13-24-19(3)10-9-17(22)21(16)19/h1,5-8,16H,9-13H2,2-3H3/t16-,19+/m0/s1. The Bertz CT molecular complexity index is 694. The van der Waals surface area contributed by atoms with Crippen molar-refractivity contribution in [1.29, 1.82) is 0 Å². The first-order valence-electron chi connectivity index (χ1n) is 8.18. The van der Waals surface area contributed by atoms with Crippen LogP contribution in [0.15, 0.2) is 24.3 Å². The zero-order chi connectivity index (χ0) is 17.3. The van der Waals surface area contributed by atoms with Crippen LogP contribution >= 0.6 is 11.8 Å². The molecule has 24 heavy (non-hydrogen) atoms. The lowest BCUT2D eigenvalue weighted by molar-refractivity contribution is -0.143. The lowest BCUT2D eigenvalue weighted by atomic mass is 10.1. The SMILES string of the molecule is C#CCN(Cc1ccc(C)cc1)C(=O)[C@@H]1CS[C@]2(C)CCC(=O)N12. The number of aryl methyl sites for hydroxylation is 1. The third-order valence-corrected chi connectivity index (χ3v) is 6.32. The van der Waals surface area contributed by atoms with Gasteiger partial charge in [0, 0.05) is 18.7 Å². The van der Waals surface area contributed by atoms with E-state index in [0.717, 1.165) is 12.0 Å². The molecule has 0 spiro atoms. The van der Waals surface area contributed by atoms with Gasteiger partial charge in [-0.05, 0) is 25.8 Å². The van der Waals surface area contributed by atoms with Crippen LogP contribution < -0.4 is 0 Å². The first kappa shape index (κ1) is 16.9. The number of amides is 2. The van der Waals surface area contributed by atoms with E-state index in [-0.39, 0.29) is 23.2 Å². The topological polar surface area (TPSA) is 40.6 Å². The maximum atomic E-state index is 13.1. The summed E-state index contributed by atoms with van der Waals surface area (Å²) >= 11 is 1.71. The van der Waals surface area contributed by atoms with Crippen molar-refractivity contribution in [2.45, 2.75) is 44.1 Å². The lowest BCUT2D eigenvalue weighted by Gasteiger charge is -2.32. The molecule has 0 aromatic heterocycles. The number of terminal acetylenes is 1. The number of carbonyl (C=O) groups is 2. The Morgan fingerprint density at radius 3 is 2.83 bits per heavy atom. The van der Waals surface area contributed by atoms with E-state index in [4.69, 9.17) is 6.42 Å². The molecule has 0 N–H and O–H groups in total. The number of rotatable bonds is 4. The first-order chi connectivity index (χ1) is 11.4. The van der Waals surface area contributed by atoms with E-state index in [0.29, 0.717) is 18.7 Å². The average molecular weight is 342 g/mol. The van der Waals surface area contributed by atoms with Crippen molar-refractivity contribution in [3.8, 4) is 12.3 Å². The highest BCUT2D eigenvalue weighted by Gasteiger charge is 2.53. The molecule has 5 heteroatoms. The van der Waals surface area contributed by atoms with Gasteiger partial charge in [0.2, 0.25) is 11.8 Å². The molecule has 2 aliphatic heterocycles. The van der Waals surface area contributed by atoms with E-state index in [1.165, 1.54) is 5.56 Å². The average Bonchev–Trinajstić information content (AvgIpc) is 3.05. The van der Waals surface area contributed by atoms with E-state index in [2.05, 4.69) is 12.8 Å². The first-order valence-corrected chi connectivity index (χ1v) is 9.17. The van der Waals surface area contributed by atoms with Crippen molar-refractivity contribution in [3.05, 3.63) is 35.4 Å². The largest absolute Gasteiger partial charge is 0.325 e. The summed E-state index contributed by atoms with van der Waals surface area (Å²) in [7, 11) is 0. The zero-order valence-electron chi connectivity index (χ0n) is 14.1.